The van der Waals surface area contributed by atoms with E-state index in [9.17, 15) is 14.7 Å². The van der Waals surface area contributed by atoms with Crippen molar-refractivity contribution in [3.63, 3.8) is 0 Å². The third-order valence-corrected chi connectivity index (χ3v) is 3.23. The fourth-order valence-electron chi connectivity index (χ4n) is 2.11. The van der Waals surface area contributed by atoms with Gasteiger partial charge < -0.3 is 26.0 Å². The number of amides is 1. The molecule has 0 aromatic rings. The van der Waals surface area contributed by atoms with Crippen LogP contribution in [-0.4, -0.2) is 65.9 Å². The van der Waals surface area contributed by atoms with Crippen molar-refractivity contribution < 1.29 is 24.5 Å². The minimum Gasteiger partial charge on any atom is -0.460 e. The van der Waals surface area contributed by atoms with Gasteiger partial charge in [0, 0.05) is 19.5 Å². The van der Waals surface area contributed by atoms with Gasteiger partial charge in [-0.25, -0.2) is 0 Å². The van der Waals surface area contributed by atoms with Crippen LogP contribution in [0.4, 0.5) is 0 Å². The summed E-state index contributed by atoms with van der Waals surface area (Å²) < 4.78 is 5.20. The summed E-state index contributed by atoms with van der Waals surface area (Å²) in [6.45, 7) is 6.09. The predicted molar refractivity (Wildman–Crippen MR) is 97.5 cm³/mol. The Bertz CT molecular complexity index is 414. The molecule has 0 aromatic carbocycles. The van der Waals surface area contributed by atoms with E-state index in [1.165, 1.54) is 0 Å². The highest BCUT2D eigenvalue weighted by Crippen LogP contribution is 2.08. The van der Waals surface area contributed by atoms with E-state index in [4.69, 9.17) is 21.3 Å². The van der Waals surface area contributed by atoms with Gasteiger partial charge in [-0.3, -0.25) is 26.0 Å². The number of carbonyl (C=O) groups is 2. The summed E-state index contributed by atoms with van der Waals surface area (Å²) in [7, 11) is 0. The lowest BCUT2D eigenvalue weighted by atomic mass is 10.1. The van der Waals surface area contributed by atoms with Crippen LogP contribution < -0.4 is 27.4 Å². The smallest absolute Gasteiger partial charge is 0.306 e. The van der Waals surface area contributed by atoms with Gasteiger partial charge in [0.1, 0.15) is 11.8 Å². The summed E-state index contributed by atoms with van der Waals surface area (Å²) in [5.74, 6) is -0.610. The molecule has 0 radical (unpaired) electrons. The van der Waals surface area contributed by atoms with Crippen molar-refractivity contribution in [3.05, 3.63) is 0 Å². The van der Waals surface area contributed by atoms with Crippen molar-refractivity contribution in [3.8, 4) is 0 Å². The predicted octanol–water partition coefficient (Wildman–Crippen LogP) is -1.94. The summed E-state index contributed by atoms with van der Waals surface area (Å²) in [5.41, 5.74) is 10.0. The highest BCUT2D eigenvalue weighted by Gasteiger charge is 2.20. The van der Waals surface area contributed by atoms with E-state index in [0.29, 0.717) is 32.4 Å². The molecule has 3 atom stereocenters. The molecule has 0 aliphatic heterocycles. The first-order valence-electron chi connectivity index (χ1n) is 8.86. The molecule has 154 valence electrons. The average Bonchev–Trinajstić information content (AvgIpc) is 2.52. The largest absolute Gasteiger partial charge is 0.460 e. The van der Waals surface area contributed by atoms with Gasteiger partial charge >= 0.3 is 5.97 Å². The number of hydrogen-bond acceptors (Lipinski definition) is 9. The lowest BCUT2D eigenvalue weighted by molar-refractivity contribution is -0.155. The van der Waals surface area contributed by atoms with Crippen molar-refractivity contribution in [2.75, 3.05) is 19.6 Å². The third kappa shape index (κ3) is 13.9. The Morgan fingerprint density at radius 2 is 1.81 bits per heavy atom. The number of esters is 1. The second kappa shape index (κ2) is 13.0. The maximum absolute atomic E-state index is 12.3. The number of rotatable bonds is 13. The Balaban J connectivity index is 4.25. The lowest BCUT2D eigenvalue weighted by Crippen LogP contribution is -2.51. The van der Waals surface area contributed by atoms with Crippen molar-refractivity contribution in [1.82, 2.24) is 16.0 Å². The van der Waals surface area contributed by atoms with Crippen LogP contribution in [0.15, 0.2) is 0 Å². The molecule has 26 heavy (non-hydrogen) atoms. The quantitative estimate of drug-likeness (QED) is 0.110. The van der Waals surface area contributed by atoms with Gasteiger partial charge in [0.2, 0.25) is 5.91 Å². The number of carbonyl (C=O) groups excluding carboxylic acids is 2. The average molecular weight is 377 g/mol. The molecule has 9 N–H and O–H groups in total. The third-order valence-electron chi connectivity index (χ3n) is 3.23. The summed E-state index contributed by atoms with van der Waals surface area (Å²) in [6, 6.07) is -0.646. The molecular formula is C16H35N5O5. The molecule has 10 heteroatoms. The second-order valence-corrected chi connectivity index (χ2v) is 6.99. The van der Waals surface area contributed by atoms with Gasteiger partial charge in [-0.05, 0) is 46.6 Å². The molecule has 0 aliphatic rings. The van der Waals surface area contributed by atoms with Crippen LogP contribution >= 0.6 is 0 Å². The van der Waals surface area contributed by atoms with Gasteiger partial charge in [-0.15, -0.1) is 0 Å². The van der Waals surface area contributed by atoms with Crippen molar-refractivity contribution in [2.24, 2.45) is 11.5 Å². The van der Waals surface area contributed by atoms with Crippen LogP contribution in [0.25, 0.3) is 0 Å². The first-order chi connectivity index (χ1) is 12.0. The van der Waals surface area contributed by atoms with E-state index in [1.54, 1.807) is 20.8 Å². The Labute approximate surface area is 155 Å². The van der Waals surface area contributed by atoms with Crippen LogP contribution in [-0.2, 0) is 14.3 Å². The Morgan fingerprint density at radius 1 is 1.15 bits per heavy atom. The molecule has 2 unspecified atom stereocenters. The zero-order valence-electron chi connectivity index (χ0n) is 16.0. The summed E-state index contributed by atoms with van der Waals surface area (Å²) in [5, 5.41) is 26.7. The van der Waals surface area contributed by atoms with Crippen LogP contribution in [0, 0.1) is 0 Å². The van der Waals surface area contributed by atoms with E-state index in [1.807, 2.05) is 0 Å². The first kappa shape index (κ1) is 24.7. The number of ether oxygens (including phenoxy) is 1. The number of nitrogens with two attached hydrogens (primary N) is 2. The monoisotopic (exact) mass is 377 g/mol. The first-order valence-corrected chi connectivity index (χ1v) is 8.86. The highest BCUT2D eigenvalue weighted by atomic mass is 16.6. The number of nitrogens with one attached hydrogen (secondary N) is 3. The van der Waals surface area contributed by atoms with E-state index in [-0.39, 0.29) is 24.8 Å². The standard InChI is InChI=1S/C16H35N5O5/c1-16(2,3)26-13(23)7-5-8-19-14(24)11(21-12(22)10-17)6-4-9-20-15(18)25/h11-12,15,20-22,25H,4-10,17-18H2,1-3H3,(H,19,24)/t11-,12?,15?/m0/s1. The van der Waals surface area contributed by atoms with Crippen LogP contribution in [0.3, 0.4) is 0 Å². The molecule has 0 aromatic heterocycles. The molecule has 0 fully saturated rings. The normalized spacial score (nSPS) is 15.2. The van der Waals surface area contributed by atoms with E-state index >= 15 is 0 Å². The minimum absolute atomic E-state index is 0.0256. The van der Waals surface area contributed by atoms with E-state index in [0.717, 1.165) is 0 Å². The second-order valence-electron chi connectivity index (χ2n) is 6.99. The molecule has 0 bridgehead atoms. The molecule has 0 saturated heterocycles. The molecule has 0 rings (SSSR count). The summed E-state index contributed by atoms with van der Waals surface area (Å²) in [4.78, 5) is 23.9. The molecular weight excluding hydrogens is 342 g/mol. The lowest BCUT2D eigenvalue weighted by Gasteiger charge is -2.22. The van der Waals surface area contributed by atoms with Crippen molar-refractivity contribution in [1.29, 1.82) is 0 Å². The fourth-order valence-corrected chi connectivity index (χ4v) is 2.11. The van der Waals surface area contributed by atoms with Gasteiger partial charge in [0.25, 0.3) is 0 Å². The van der Waals surface area contributed by atoms with Gasteiger partial charge in [-0.1, -0.05) is 0 Å². The number of aliphatic hydroxyl groups is 2. The van der Waals surface area contributed by atoms with E-state index in [2.05, 4.69) is 16.0 Å². The van der Waals surface area contributed by atoms with Gasteiger partial charge in [0.15, 0.2) is 6.35 Å². The van der Waals surface area contributed by atoms with Crippen LogP contribution in [0.1, 0.15) is 46.5 Å². The molecule has 0 saturated carbocycles. The number of hydrogen-bond donors (Lipinski definition) is 7. The minimum atomic E-state index is -1.11. The zero-order chi connectivity index (χ0) is 20.2. The molecule has 0 aliphatic carbocycles. The van der Waals surface area contributed by atoms with Crippen molar-refractivity contribution >= 4 is 11.9 Å². The van der Waals surface area contributed by atoms with Crippen LogP contribution in [0.2, 0.25) is 0 Å². The maximum atomic E-state index is 12.3. The highest BCUT2D eigenvalue weighted by molar-refractivity contribution is 5.81. The fraction of sp³-hybridized carbons (Fsp3) is 0.875. The topological polar surface area (TPSA) is 172 Å². The molecule has 10 nitrogen and oxygen atoms in total. The SMILES string of the molecule is CC(C)(C)OC(=O)CCCNC(=O)[C@H](CCCNC(N)O)NC(O)CN. The Hall–Kier alpha value is -1.30. The van der Waals surface area contributed by atoms with Crippen molar-refractivity contribution in [2.45, 2.75) is 70.7 Å². The van der Waals surface area contributed by atoms with E-state index < -0.39 is 24.2 Å². The summed E-state index contributed by atoms with van der Waals surface area (Å²) >= 11 is 0. The van der Waals surface area contributed by atoms with Gasteiger partial charge in [-0.2, -0.15) is 0 Å². The number of aliphatic hydroxyl groups excluding tert-OH is 2. The van der Waals surface area contributed by atoms with Crippen LogP contribution in [0.5, 0.6) is 0 Å². The molecule has 0 heterocycles. The molecule has 0 spiro atoms. The zero-order valence-corrected chi connectivity index (χ0v) is 16.0. The maximum Gasteiger partial charge on any atom is 0.306 e. The van der Waals surface area contributed by atoms with Gasteiger partial charge in [0.05, 0.1) is 6.04 Å². The Morgan fingerprint density at radius 3 is 2.35 bits per heavy atom. The molecule has 1 amide bonds. The summed E-state index contributed by atoms with van der Waals surface area (Å²) in [6.07, 6.45) is -0.491. The Kier molecular flexibility index (Phi) is 12.3.